The molecule has 20 heavy (non-hydrogen) atoms. The minimum Gasteiger partial charge on any atom is -0.481 e. The Balaban J connectivity index is 2.76. The van der Waals surface area contributed by atoms with Gasteiger partial charge in [-0.2, -0.15) is 0 Å². The zero-order valence-corrected chi connectivity index (χ0v) is 12.3. The molecule has 0 saturated carbocycles. The number of likely N-dealkylation sites (N-methyl/N-ethyl adjacent to an activating group) is 1. The molecule has 5 nitrogen and oxygen atoms in total. The molecule has 0 spiro atoms. The van der Waals surface area contributed by atoms with Gasteiger partial charge in [0.1, 0.15) is 0 Å². The second kappa shape index (κ2) is 7.65. The van der Waals surface area contributed by atoms with Gasteiger partial charge in [0.15, 0.2) is 0 Å². The summed E-state index contributed by atoms with van der Waals surface area (Å²) in [4.78, 5) is 26.7. The Labute approximate surface area is 119 Å². The van der Waals surface area contributed by atoms with Crippen molar-refractivity contribution in [2.75, 3.05) is 33.7 Å². The van der Waals surface area contributed by atoms with Crippen LogP contribution in [0.3, 0.4) is 0 Å². The van der Waals surface area contributed by atoms with Crippen LogP contribution in [0.2, 0.25) is 0 Å². The van der Waals surface area contributed by atoms with Crippen molar-refractivity contribution >= 4 is 11.9 Å². The van der Waals surface area contributed by atoms with Crippen LogP contribution in [0.1, 0.15) is 22.3 Å². The summed E-state index contributed by atoms with van der Waals surface area (Å²) in [7, 11) is 3.84. The van der Waals surface area contributed by atoms with E-state index in [0.717, 1.165) is 5.56 Å². The maximum absolute atomic E-state index is 12.4. The smallest absolute Gasteiger partial charge is 0.305 e. The molecule has 0 aliphatic heterocycles. The molecule has 0 unspecified atom stereocenters. The standard InChI is InChI=1S/C15H22N2O3/c1-12-4-6-13(7-5-12)15(20)17(9-8-14(18)19)11-10-16(2)3/h4-7H,8-11H2,1-3H3,(H,18,19). The van der Waals surface area contributed by atoms with E-state index in [4.69, 9.17) is 5.11 Å². The third-order valence-electron chi connectivity index (χ3n) is 3.00. The Morgan fingerprint density at radius 2 is 1.65 bits per heavy atom. The molecule has 0 aromatic heterocycles. The number of carboxylic acids is 1. The SMILES string of the molecule is Cc1ccc(C(=O)N(CCC(=O)O)CCN(C)C)cc1. The van der Waals surface area contributed by atoms with Gasteiger partial charge in [0.25, 0.3) is 5.91 Å². The highest BCUT2D eigenvalue weighted by atomic mass is 16.4. The molecule has 1 amide bonds. The Bertz CT molecular complexity index is 455. The van der Waals surface area contributed by atoms with Gasteiger partial charge in [-0.05, 0) is 33.2 Å². The highest BCUT2D eigenvalue weighted by molar-refractivity contribution is 5.94. The first-order chi connectivity index (χ1) is 9.40. The van der Waals surface area contributed by atoms with Gasteiger partial charge >= 0.3 is 5.97 Å². The summed E-state index contributed by atoms with van der Waals surface area (Å²) in [5.74, 6) is -1.01. The second-order valence-electron chi connectivity index (χ2n) is 5.11. The number of benzene rings is 1. The lowest BCUT2D eigenvalue weighted by Gasteiger charge is -2.24. The molecule has 0 aliphatic rings. The topological polar surface area (TPSA) is 60.9 Å². The predicted octanol–water partition coefficient (Wildman–Crippen LogP) is 1.47. The van der Waals surface area contributed by atoms with Crippen LogP contribution < -0.4 is 0 Å². The number of amides is 1. The normalized spacial score (nSPS) is 10.6. The van der Waals surface area contributed by atoms with Crippen molar-refractivity contribution in [2.24, 2.45) is 0 Å². The number of hydrogen-bond donors (Lipinski definition) is 1. The van der Waals surface area contributed by atoms with E-state index >= 15 is 0 Å². The number of nitrogens with zero attached hydrogens (tertiary/aromatic N) is 2. The Morgan fingerprint density at radius 1 is 1.05 bits per heavy atom. The summed E-state index contributed by atoms with van der Waals surface area (Å²) in [6.07, 6.45) is -0.0367. The molecule has 110 valence electrons. The number of aryl methyl sites for hydroxylation is 1. The summed E-state index contributed by atoms with van der Waals surface area (Å²) in [6.45, 7) is 3.42. The van der Waals surface area contributed by atoms with Crippen molar-refractivity contribution in [3.05, 3.63) is 35.4 Å². The number of carbonyl (C=O) groups is 2. The molecule has 0 fully saturated rings. The van der Waals surface area contributed by atoms with E-state index in [1.54, 1.807) is 17.0 Å². The van der Waals surface area contributed by atoms with Crippen LogP contribution in [0.25, 0.3) is 0 Å². The number of carboxylic acid groups (broad SMARTS) is 1. The lowest BCUT2D eigenvalue weighted by atomic mass is 10.1. The molecule has 0 radical (unpaired) electrons. The average Bonchev–Trinajstić information content (AvgIpc) is 2.38. The fraction of sp³-hybridized carbons (Fsp3) is 0.467. The van der Waals surface area contributed by atoms with Gasteiger partial charge in [0.05, 0.1) is 6.42 Å². The molecular formula is C15H22N2O3. The van der Waals surface area contributed by atoms with E-state index in [-0.39, 0.29) is 18.9 Å². The Hall–Kier alpha value is -1.88. The van der Waals surface area contributed by atoms with Crippen LogP contribution in [0, 0.1) is 6.92 Å². The molecule has 0 aliphatic carbocycles. The van der Waals surface area contributed by atoms with E-state index in [1.165, 1.54) is 0 Å². The van der Waals surface area contributed by atoms with Gasteiger partial charge in [0.2, 0.25) is 0 Å². The van der Waals surface area contributed by atoms with E-state index in [2.05, 4.69) is 0 Å². The number of aliphatic carboxylic acids is 1. The van der Waals surface area contributed by atoms with Gasteiger partial charge in [-0.15, -0.1) is 0 Å². The highest BCUT2D eigenvalue weighted by Crippen LogP contribution is 2.08. The molecule has 5 heteroatoms. The number of carbonyl (C=O) groups excluding carboxylic acids is 1. The van der Waals surface area contributed by atoms with Crippen molar-refractivity contribution < 1.29 is 14.7 Å². The first-order valence-electron chi connectivity index (χ1n) is 6.62. The molecular weight excluding hydrogens is 256 g/mol. The van der Waals surface area contributed by atoms with Crippen molar-refractivity contribution in [1.82, 2.24) is 9.80 Å². The van der Waals surface area contributed by atoms with Crippen LogP contribution >= 0.6 is 0 Å². The van der Waals surface area contributed by atoms with Crippen LogP contribution in [0.5, 0.6) is 0 Å². The van der Waals surface area contributed by atoms with E-state index in [9.17, 15) is 9.59 Å². The summed E-state index contributed by atoms with van der Waals surface area (Å²) in [5, 5.41) is 8.78. The molecule has 0 bridgehead atoms. The first kappa shape index (κ1) is 16.2. The number of hydrogen-bond acceptors (Lipinski definition) is 3. The van der Waals surface area contributed by atoms with Crippen LogP contribution in [-0.4, -0.2) is 60.5 Å². The largest absolute Gasteiger partial charge is 0.481 e. The quantitative estimate of drug-likeness (QED) is 0.820. The second-order valence-corrected chi connectivity index (χ2v) is 5.11. The molecule has 0 heterocycles. The Morgan fingerprint density at radius 3 is 2.15 bits per heavy atom. The van der Waals surface area contributed by atoms with E-state index in [0.29, 0.717) is 18.7 Å². The third-order valence-corrected chi connectivity index (χ3v) is 3.00. The van der Waals surface area contributed by atoms with Gasteiger partial charge < -0.3 is 14.9 Å². The van der Waals surface area contributed by atoms with Crippen molar-refractivity contribution in [2.45, 2.75) is 13.3 Å². The summed E-state index contributed by atoms with van der Waals surface area (Å²) in [6, 6.07) is 7.32. The molecule has 1 aromatic rings. The molecule has 1 aromatic carbocycles. The van der Waals surface area contributed by atoms with Gasteiger partial charge in [0, 0.05) is 25.2 Å². The van der Waals surface area contributed by atoms with Crippen LogP contribution in [0.4, 0.5) is 0 Å². The highest BCUT2D eigenvalue weighted by Gasteiger charge is 2.16. The van der Waals surface area contributed by atoms with Crippen molar-refractivity contribution in [3.8, 4) is 0 Å². The predicted molar refractivity (Wildman–Crippen MR) is 77.9 cm³/mol. The van der Waals surface area contributed by atoms with Gasteiger partial charge in [-0.3, -0.25) is 9.59 Å². The zero-order chi connectivity index (χ0) is 15.1. The van der Waals surface area contributed by atoms with Crippen molar-refractivity contribution in [3.63, 3.8) is 0 Å². The molecule has 1 rings (SSSR count). The summed E-state index contributed by atoms with van der Waals surface area (Å²) in [5.41, 5.74) is 1.69. The minimum absolute atomic E-state index is 0.0367. The summed E-state index contributed by atoms with van der Waals surface area (Å²) >= 11 is 0. The lowest BCUT2D eigenvalue weighted by molar-refractivity contribution is -0.137. The molecule has 1 N–H and O–H groups in total. The van der Waals surface area contributed by atoms with Gasteiger partial charge in [-0.1, -0.05) is 17.7 Å². The molecule has 0 atom stereocenters. The van der Waals surface area contributed by atoms with Crippen molar-refractivity contribution in [1.29, 1.82) is 0 Å². The maximum Gasteiger partial charge on any atom is 0.305 e. The lowest BCUT2D eigenvalue weighted by Crippen LogP contribution is -2.38. The third kappa shape index (κ3) is 5.40. The fourth-order valence-electron chi connectivity index (χ4n) is 1.74. The van der Waals surface area contributed by atoms with E-state index in [1.807, 2.05) is 38.1 Å². The maximum atomic E-state index is 12.4. The minimum atomic E-state index is -0.892. The fourth-order valence-corrected chi connectivity index (χ4v) is 1.74. The number of rotatable bonds is 7. The van der Waals surface area contributed by atoms with Gasteiger partial charge in [-0.25, -0.2) is 0 Å². The average molecular weight is 278 g/mol. The van der Waals surface area contributed by atoms with Crippen LogP contribution in [0.15, 0.2) is 24.3 Å². The first-order valence-corrected chi connectivity index (χ1v) is 6.62. The van der Waals surface area contributed by atoms with Crippen LogP contribution in [-0.2, 0) is 4.79 Å². The summed E-state index contributed by atoms with van der Waals surface area (Å²) < 4.78 is 0. The molecule has 0 saturated heterocycles. The van der Waals surface area contributed by atoms with E-state index < -0.39 is 5.97 Å². The zero-order valence-electron chi connectivity index (χ0n) is 12.3. The Kier molecular flexibility index (Phi) is 6.18. The monoisotopic (exact) mass is 278 g/mol.